The van der Waals surface area contributed by atoms with Gasteiger partial charge in [-0.2, -0.15) is 0 Å². The molecule has 0 fully saturated rings. The fourth-order valence-electron chi connectivity index (χ4n) is 1.87. The first-order chi connectivity index (χ1) is 10.6. The van der Waals surface area contributed by atoms with Gasteiger partial charge >= 0.3 is 0 Å². The lowest BCUT2D eigenvalue weighted by Gasteiger charge is -2.13. The van der Waals surface area contributed by atoms with Crippen LogP contribution in [-0.2, 0) is 11.3 Å². The van der Waals surface area contributed by atoms with Crippen LogP contribution in [-0.4, -0.2) is 26.6 Å². The second kappa shape index (κ2) is 7.84. The zero-order valence-electron chi connectivity index (χ0n) is 12.7. The van der Waals surface area contributed by atoms with E-state index in [9.17, 15) is 4.79 Å². The number of carbonyl (C=O) groups is 1. The summed E-state index contributed by atoms with van der Waals surface area (Å²) in [5, 5.41) is 2.84. The smallest absolute Gasteiger partial charge is 0.258 e. The lowest BCUT2D eigenvalue weighted by Crippen LogP contribution is -2.28. The molecule has 2 aromatic carbocycles. The molecule has 0 radical (unpaired) electrons. The van der Waals surface area contributed by atoms with E-state index >= 15 is 0 Å². The number of halogens is 1. The molecule has 22 heavy (non-hydrogen) atoms. The zero-order valence-corrected chi connectivity index (χ0v) is 14.3. The van der Waals surface area contributed by atoms with Crippen LogP contribution < -0.4 is 15.0 Å². The first-order valence-electron chi connectivity index (χ1n) is 6.96. The predicted octanol–water partition coefficient (Wildman–Crippen LogP) is 3.21. The van der Waals surface area contributed by atoms with Crippen molar-refractivity contribution in [3.8, 4) is 5.75 Å². The molecule has 0 heterocycles. The molecule has 1 N–H and O–H groups in total. The van der Waals surface area contributed by atoms with Gasteiger partial charge < -0.3 is 15.0 Å². The quantitative estimate of drug-likeness (QED) is 0.857. The topological polar surface area (TPSA) is 41.6 Å². The van der Waals surface area contributed by atoms with E-state index in [1.54, 1.807) is 0 Å². The second-order valence-corrected chi connectivity index (χ2v) is 5.91. The SMILES string of the molecule is CN(C)c1ccc(CNC(=O)COc2ccccc2Br)cc1. The van der Waals surface area contributed by atoms with E-state index in [0.29, 0.717) is 12.3 Å². The highest BCUT2D eigenvalue weighted by molar-refractivity contribution is 9.10. The Morgan fingerprint density at radius 1 is 1.14 bits per heavy atom. The number of nitrogens with one attached hydrogen (secondary N) is 1. The third-order valence-corrected chi connectivity index (χ3v) is 3.79. The van der Waals surface area contributed by atoms with Gasteiger partial charge in [0.2, 0.25) is 0 Å². The summed E-state index contributed by atoms with van der Waals surface area (Å²) >= 11 is 3.38. The minimum absolute atomic E-state index is 0.00159. The summed E-state index contributed by atoms with van der Waals surface area (Å²) in [5.41, 5.74) is 2.19. The van der Waals surface area contributed by atoms with Crippen LogP contribution in [0.1, 0.15) is 5.56 Å². The molecule has 0 bridgehead atoms. The normalized spacial score (nSPS) is 10.1. The molecule has 0 unspecified atom stereocenters. The van der Waals surface area contributed by atoms with Crippen molar-refractivity contribution in [1.82, 2.24) is 5.32 Å². The van der Waals surface area contributed by atoms with Crippen LogP contribution in [0.15, 0.2) is 53.0 Å². The zero-order chi connectivity index (χ0) is 15.9. The molecule has 0 saturated carbocycles. The molecule has 0 spiro atoms. The van der Waals surface area contributed by atoms with Gasteiger partial charge in [-0.3, -0.25) is 4.79 Å². The van der Waals surface area contributed by atoms with Crippen LogP contribution in [0.4, 0.5) is 5.69 Å². The van der Waals surface area contributed by atoms with Crippen LogP contribution in [0.2, 0.25) is 0 Å². The summed E-state index contributed by atoms with van der Waals surface area (Å²) in [6, 6.07) is 15.5. The number of ether oxygens (including phenoxy) is 1. The van der Waals surface area contributed by atoms with E-state index in [1.807, 2.05) is 67.5 Å². The van der Waals surface area contributed by atoms with Crippen molar-refractivity contribution in [3.63, 3.8) is 0 Å². The molecule has 116 valence electrons. The highest BCUT2D eigenvalue weighted by Crippen LogP contribution is 2.23. The van der Waals surface area contributed by atoms with E-state index in [2.05, 4.69) is 21.2 Å². The largest absolute Gasteiger partial charge is 0.483 e. The number of anilines is 1. The maximum absolute atomic E-state index is 11.8. The average Bonchev–Trinajstić information content (AvgIpc) is 2.52. The summed E-state index contributed by atoms with van der Waals surface area (Å²) in [6.07, 6.45) is 0. The minimum atomic E-state index is -0.146. The van der Waals surface area contributed by atoms with E-state index < -0.39 is 0 Å². The molecule has 0 aliphatic heterocycles. The number of benzene rings is 2. The van der Waals surface area contributed by atoms with E-state index in [-0.39, 0.29) is 12.5 Å². The van der Waals surface area contributed by atoms with Crippen LogP contribution >= 0.6 is 15.9 Å². The lowest BCUT2D eigenvalue weighted by atomic mass is 10.2. The molecule has 0 aliphatic carbocycles. The van der Waals surface area contributed by atoms with E-state index in [1.165, 1.54) is 0 Å². The first kappa shape index (κ1) is 16.4. The minimum Gasteiger partial charge on any atom is -0.483 e. The average molecular weight is 363 g/mol. The van der Waals surface area contributed by atoms with E-state index in [0.717, 1.165) is 15.7 Å². The lowest BCUT2D eigenvalue weighted by molar-refractivity contribution is -0.123. The Morgan fingerprint density at radius 2 is 1.82 bits per heavy atom. The Bertz CT molecular complexity index is 627. The Balaban J connectivity index is 1.79. The van der Waals surface area contributed by atoms with Crippen molar-refractivity contribution >= 4 is 27.5 Å². The Labute approximate surface area is 139 Å². The van der Waals surface area contributed by atoms with Crippen molar-refractivity contribution in [2.75, 3.05) is 25.6 Å². The highest BCUT2D eigenvalue weighted by Gasteiger charge is 2.05. The Hall–Kier alpha value is -2.01. The van der Waals surface area contributed by atoms with Crippen LogP contribution in [0, 0.1) is 0 Å². The van der Waals surface area contributed by atoms with Gasteiger partial charge in [-0.25, -0.2) is 0 Å². The molecule has 4 nitrogen and oxygen atoms in total. The van der Waals surface area contributed by atoms with Gasteiger partial charge in [0.25, 0.3) is 5.91 Å². The number of para-hydroxylation sites is 1. The molecule has 5 heteroatoms. The van der Waals surface area contributed by atoms with Crippen LogP contribution in [0.25, 0.3) is 0 Å². The summed E-state index contributed by atoms with van der Waals surface area (Å²) < 4.78 is 6.31. The molecule has 1 amide bonds. The fraction of sp³-hybridized carbons (Fsp3) is 0.235. The number of hydrogen-bond acceptors (Lipinski definition) is 3. The summed E-state index contributed by atoms with van der Waals surface area (Å²) in [5.74, 6) is 0.514. The number of hydrogen-bond donors (Lipinski definition) is 1. The molecule has 0 aliphatic rings. The molecule has 2 rings (SSSR count). The molecule has 0 atom stereocenters. The van der Waals surface area contributed by atoms with Crippen molar-refractivity contribution in [2.45, 2.75) is 6.54 Å². The molecular formula is C17H19BrN2O2. The monoisotopic (exact) mass is 362 g/mol. The predicted molar refractivity (Wildman–Crippen MR) is 92.3 cm³/mol. The van der Waals surface area contributed by atoms with Gasteiger partial charge in [0.15, 0.2) is 6.61 Å². The van der Waals surface area contributed by atoms with Crippen molar-refractivity contribution in [2.24, 2.45) is 0 Å². The van der Waals surface area contributed by atoms with Crippen LogP contribution in [0.5, 0.6) is 5.75 Å². The highest BCUT2D eigenvalue weighted by atomic mass is 79.9. The maximum Gasteiger partial charge on any atom is 0.258 e. The second-order valence-electron chi connectivity index (χ2n) is 5.06. The standard InChI is InChI=1S/C17H19BrN2O2/c1-20(2)14-9-7-13(8-10-14)11-19-17(21)12-22-16-6-4-3-5-15(16)18/h3-10H,11-12H2,1-2H3,(H,19,21). The molecule has 2 aromatic rings. The van der Waals surface area contributed by atoms with E-state index in [4.69, 9.17) is 4.74 Å². The van der Waals surface area contributed by atoms with Crippen LogP contribution in [0.3, 0.4) is 0 Å². The number of carbonyl (C=O) groups excluding carboxylic acids is 1. The third-order valence-electron chi connectivity index (χ3n) is 3.14. The van der Waals surface area contributed by atoms with Gasteiger partial charge in [-0.15, -0.1) is 0 Å². The van der Waals surface area contributed by atoms with Crippen molar-refractivity contribution in [3.05, 3.63) is 58.6 Å². The Kier molecular flexibility index (Phi) is 5.83. The summed E-state index contributed by atoms with van der Waals surface area (Å²) in [4.78, 5) is 13.9. The molecule has 0 aromatic heterocycles. The van der Waals surface area contributed by atoms with Gasteiger partial charge in [-0.05, 0) is 45.8 Å². The Morgan fingerprint density at radius 3 is 2.45 bits per heavy atom. The third kappa shape index (κ3) is 4.77. The first-order valence-corrected chi connectivity index (χ1v) is 7.76. The maximum atomic E-state index is 11.8. The fourth-order valence-corrected chi connectivity index (χ4v) is 2.27. The number of nitrogens with zero attached hydrogens (tertiary/aromatic N) is 1. The summed E-state index contributed by atoms with van der Waals surface area (Å²) in [6.45, 7) is 0.490. The van der Waals surface area contributed by atoms with Gasteiger partial charge in [0, 0.05) is 26.3 Å². The van der Waals surface area contributed by atoms with Gasteiger partial charge in [0.1, 0.15) is 5.75 Å². The van der Waals surface area contributed by atoms with Gasteiger partial charge in [-0.1, -0.05) is 24.3 Å². The summed E-state index contributed by atoms with van der Waals surface area (Å²) in [7, 11) is 3.99. The van der Waals surface area contributed by atoms with Crippen molar-refractivity contribution in [1.29, 1.82) is 0 Å². The molecule has 0 saturated heterocycles. The number of rotatable bonds is 6. The van der Waals surface area contributed by atoms with Crippen molar-refractivity contribution < 1.29 is 9.53 Å². The molecular weight excluding hydrogens is 344 g/mol. The van der Waals surface area contributed by atoms with Gasteiger partial charge in [0.05, 0.1) is 4.47 Å². The number of amides is 1.